The van der Waals surface area contributed by atoms with E-state index >= 15 is 0 Å². The number of benzene rings is 1. The molecule has 1 saturated heterocycles. The van der Waals surface area contributed by atoms with Gasteiger partial charge in [-0.1, -0.05) is 12.1 Å². The molecule has 2 atom stereocenters. The Bertz CT molecular complexity index is 336. The average Bonchev–Trinajstić information content (AvgIpc) is 2.70. The van der Waals surface area contributed by atoms with Crippen LogP contribution in [0.2, 0.25) is 0 Å². The van der Waals surface area contributed by atoms with Crippen molar-refractivity contribution in [2.45, 2.75) is 25.3 Å². The summed E-state index contributed by atoms with van der Waals surface area (Å²) in [6.07, 6.45) is 2.82. The first-order chi connectivity index (χ1) is 7.74. The van der Waals surface area contributed by atoms with Crippen LogP contribution in [0, 0.1) is 11.7 Å². The largest absolute Gasteiger partial charge is 0.381 e. The van der Waals surface area contributed by atoms with Crippen LogP contribution in [-0.4, -0.2) is 19.3 Å². The summed E-state index contributed by atoms with van der Waals surface area (Å²) in [6, 6.07) is 6.78. The minimum Gasteiger partial charge on any atom is -0.381 e. The van der Waals surface area contributed by atoms with Crippen molar-refractivity contribution in [2.75, 3.05) is 13.2 Å². The Morgan fingerprint density at radius 1 is 1.50 bits per heavy atom. The van der Waals surface area contributed by atoms with Gasteiger partial charge in [-0.2, -0.15) is 0 Å². The van der Waals surface area contributed by atoms with Gasteiger partial charge in [0.15, 0.2) is 0 Å². The van der Waals surface area contributed by atoms with Crippen LogP contribution in [0.15, 0.2) is 24.3 Å². The molecule has 0 aliphatic carbocycles. The van der Waals surface area contributed by atoms with E-state index in [4.69, 9.17) is 10.5 Å². The van der Waals surface area contributed by atoms with Crippen molar-refractivity contribution < 1.29 is 9.13 Å². The second-order valence-corrected chi connectivity index (χ2v) is 4.56. The number of hydrogen-bond donors (Lipinski definition) is 1. The number of halogens is 1. The maximum Gasteiger partial charge on any atom is 0.123 e. The molecular weight excluding hydrogens is 205 g/mol. The van der Waals surface area contributed by atoms with Crippen LogP contribution < -0.4 is 5.73 Å². The van der Waals surface area contributed by atoms with Crippen molar-refractivity contribution in [2.24, 2.45) is 11.7 Å². The Morgan fingerprint density at radius 2 is 2.38 bits per heavy atom. The summed E-state index contributed by atoms with van der Waals surface area (Å²) in [5, 5.41) is 0. The van der Waals surface area contributed by atoms with E-state index in [1.165, 1.54) is 6.07 Å². The fourth-order valence-electron chi connectivity index (χ4n) is 2.25. The molecule has 0 saturated carbocycles. The third-order valence-electron chi connectivity index (χ3n) is 3.05. The van der Waals surface area contributed by atoms with Crippen LogP contribution in [0.4, 0.5) is 4.39 Å². The summed E-state index contributed by atoms with van der Waals surface area (Å²) in [5.41, 5.74) is 7.04. The van der Waals surface area contributed by atoms with Crippen LogP contribution in [0.3, 0.4) is 0 Å². The highest BCUT2D eigenvalue weighted by Gasteiger charge is 2.18. The quantitative estimate of drug-likeness (QED) is 0.848. The van der Waals surface area contributed by atoms with Gasteiger partial charge in [0.25, 0.3) is 0 Å². The number of hydrogen-bond acceptors (Lipinski definition) is 2. The lowest BCUT2D eigenvalue weighted by Gasteiger charge is -2.15. The van der Waals surface area contributed by atoms with E-state index in [2.05, 4.69) is 0 Å². The first-order valence-corrected chi connectivity index (χ1v) is 5.82. The van der Waals surface area contributed by atoms with Gasteiger partial charge in [0, 0.05) is 19.3 Å². The highest BCUT2D eigenvalue weighted by Crippen LogP contribution is 2.19. The topological polar surface area (TPSA) is 35.2 Å². The highest BCUT2D eigenvalue weighted by molar-refractivity contribution is 5.17. The van der Waals surface area contributed by atoms with Crippen LogP contribution in [0.1, 0.15) is 18.4 Å². The van der Waals surface area contributed by atoms with E-state index in [9.17, 15) is 4.39 Å². The molecule has 88 valence electrons. The molecule has 16 heavy (non-hydrogen) atoms. The summed E-state index contributed by atoms with van der Waals surface area (Å²) in [6.45, 7) is 1.69. The molecule has 2 N–H and O–H groups in total. The maximum atomic E-state index is 13.0. The number of rotatable bonds is 4. The van der Waals surface area contributed by atoms with Crippen molar-refractivity contribution in [1.29, 1.82) is 0 Å². The molecule has 1 aliphatic heterocycles. The van der Waals surface area contributed by atoms with Crippen molar-refractivity contribution in [3.63, 3.8) is 0 Å². The van der Waals surface area contributed by atoms with Crippen LogP contribution in [-0.2, 0) is 11.2 Å². The molecule has 0 bridgehead atoms. The third-order valence-corrected chi connectivity index (χ3v) is 3.05. The molecule has 1 aliphatic rings. The molecule has 1 heterocycles. The van der Waals surface area contributed by atoms with Crippen molar-refractivity contribution >= 4 is 0 Å². The third kappa shape index (κ3) is 3.29. The second-order valence-electron chi connectivity index (χ2n) is 4.56. The van der Waals surface area contributed by atoms with Gasteiger partial charge in [-0.25, -0.2) is 4.39 Å². The Hall–Kier alpha value is -0.930. The zero-order chi connectivity index (χ0) is 11.4. The summed E-state index contributed by atoms with van der Waals surface area (Å²) in [7, 11) is 0. The summed E-state index contributed by atoms with van der Waals surface area (Å²) >= 11 is 0. The van der Waals surface area contributed by atoms with Crippen LogP contribution >= 0.6 is 0 Å². The van der Waals surface area contributed by atoms with Gasteiger partial charge in [0.1, 0.15) is 5.82 Å². The lowest BCUT2D eigenvalue weighted by Crippen LogP contribution is -2.26. The van der Waals surface area contributed by atoms with Crippen LogP contribution in [0.5, 0.6) is 0 Å². The van der Waals surface area contributed by atoms with Gasteiger partial charge in [0.05, 0.1) is 0 Å². The minimum absolute atomic E-state index is 0.105. The Kier molecular flexibility index (Phi) is 3.91. The fourth-order valence-corrected chi connectivity index (χ4v) is 2.25. The molecule has 1 aromatic rings. The fraction of sp³-hybridized carbons (Fsp3) is 0.538. The monoisotopic (exact) mass is 223 g/mol. The molecule has 0 radical (unpaired) electrons. The van der Waals surface area contributed by atoms with E-state index in [1.807, 2.05) is 6.07 Å². The summed E-state index contributed by atoms with van der Waals surface area (Å²) in [4.78, 5) is 0. The average molecular weight is 223 g/mol. The molecule has 2 nitrogen and oxygen atoms in total. The van der Waals surface area contributed by atoms with E-state index in [0.717, 1.165) is 38.0 Å². The maximum absolute atomic E-state index is 13.0. The number of ether oxygens (including phenoxy) is 1. The lowest BCUT2D eigenvalue weighted by atomic mass is 9.95. The van der Waals surface area contributed by atoms with Gasteiger partial charge in [-0.3, -0.25) is 0 Å². The minimum atomic E-state index is -0.186. The summed E-state index contributed by atoms with van der Waals surface area (Å²) < 4.78 is 18.3. The zero-order valence-electron chi connectivity index (χ0n) is 9.36. The second kappa shape index (κ2) is 5.41. The Labute approximate surface area is 95.6 Å². The van der Waals surface area contributed by atoms with Gasteiger partial charge in [-0.05, 0) is 42.9 Å². The van der Waals surface area contributed by atoms with Gasteiger partial charge >= 0.3 is 0 Å². The van der Waals surface area contributed by atoms with Crippen LogP contribution in [0.25, 0.3) is 0 Å². The van der Waals surface area contributed by atoms with Gasteiger partial charge < -0.3 is 10.5 Å². The molecular formula is C13H18FNO. The van der Waals surface area contributed by atoms with E-state index in [-0.39, 0.29) is 11.9 Å². The Balaban J connectivity index is 1.84. The van der Waals surface area contributed by atoms with Gasteiger partial charge in [-0.15, -0.1) is 0 Å². The molecule has 0 aromatic heterocycles. The normalized spacial score (nSPS) is 22.2. The predicted octanol–water partition coefficient (Wildman–Crippen LogP) is 2.12. The standard InChI is InChI=1S/C13H18FNO/c14-12-3-1-2-10(6-12)7-13(15)8-11-4-5-16-9-11/h1-3,6,11,13H,4-5,7-9,15H2. The molecule has 3 heteroatoms. The first kappa shape index (κ1) is 11.6. The number of nitrogens with two attached hydrogens (primary N) is 1. The smallest absolute Gasteiger partial charge is 0.123 e. The van der Waals surface area contributed by atoms with E-state index in [1.54, 1.807) is 12.1 Å². The van der Waals surface area contributed by atoms with Crippen molar-refractivity contribution in [3.05, 3.63) is 35.6 Å². The molecule has 0 amide bonds. The molecule has 1 aromatic carbocycles. The van der Waals surface area contributed by atoms with E-state index in [0.29, 0.717) is 5.92 Å². The SMILES string of the molecule is NC(Cc1cccc(F)c1)CC1CCOC1. The molecule has 2 rings (SSSR count). The molecule has 1 fully saturated rings. The zero-order valence-corrected chi connectivity index (χ0v) is 9.36. The molecule has 2 unspecified atom stereocenters. The highest BCUT2D eigenvalue weighted by atomic mass is 19.1. The lowest BCUT2D eigenvalue weighted by molar-refractivity contribution is 0.182. The summed E-state index contributed by atoms with van der Waals surface area (Å²) in [5.74, 6) is 0.400. The van der Waals surface area contributed by atoms with E-state index < -0.39 is 0 Å². The predicted molar refractivity (Wildman–Crippen MR) is 61.6 cm³/mol. The van der Waals surface area contributed by atoms with Gasteiger partial charge in [0.2, 0.25) is 0 Å². The van der Waals surface area contributed by atoms with Crippen molar-refractivity contribution in [3.8, 4) is 0 Å². The van der Waals surface area contributed by atoms with Crippen molar-refractivity contribution in [1.82, 2.24) is 0 Å². The first-order valence-electron chi connectivity index (χ1n) is 5.82. The Morgan fingerprint density at radius 3 is 3.06 bits per heavy atom. The molecule has 0 spiro atoms.